The standard InChI is InChI=1S/C20H32N2OS/c1-16(2)19(22-11-6-4-5-7-12-22)14-21-20(23)18-10-8-9-17(13-18)15-24-3/h8-10,13,16,19H,4-7,11-12,14-15H2,1-3H3,(H,21,23)/t19-/m1/s1. The molecule has 1 N–H and O–H groups in total. The highest BCUT2D eigenvalue weighted by Crippen LogP contribution is 2.17. The molecule has 0 spiro atoms. The second-order valence-electron chi connectivity index (χ2n) is 7.10. The van der Waals surface area contributed by atoms with E-state index >= 15 is 0 Å². The first kappa shape index (κ1) is 19.3. The largest absolute Gasteiger partial charge is 0.350 e. The molecule has 1 aromatic rings. The highest BCUT2D eigenvalue weighted by Gasteiger charge is 2.23. The Bertz CT molecular complexity index is 510. The molecule has 1 heterocycles. The molecule has 3 nitrogen and oxygen atoms in total. The van der Waals surface area contributed by atoms with Crippen LogP contribution in [0.2, 0.25) is 0 Å². The first-order chi connectivity index (χ1) is 11.6. The van der Waals surface area contributed by atoms with E-state index in [2.05, 4.69) is 36.4 Å². The van der Waals surface area contributed by atoms with Crippen molar-refractivity contribution in [1.82, 2.24) is 10.2 Å². The molecule has 0 unspecified atom stereocenters. The Labute approximate surface area is 151 Å². The van der Waals surface area contributed by atoms with E-state index in [1.54, 1.807) is 11.8 Å². The van der Waals surface area contributed by atoms with Crippen molar-refractivity contribution in [3.05, 3.63) is 35.4 Å². The average Bonchev–Trinajstić information content (AvgIpc) is 2.84. The molecule has 1 aromatic carbocycles. The van der Waals surface area contributed by atoms with E-state index in [0.29, 0.717) is 12.0 Å². The monoisotopic (exact) mass is 348 g/mol. The van der Waals surface area contributed by atoms with Gasteiger partial charge in [0.15, 0.2) is 0 Å². The van der Waals surface area contributed by atoms with Gasteiger partial charge in [0, 0.05) is 23.9 Å². The van der Waals surface area contributed by atoms with Crippen molar-refractivity contribution in [1.29, 1.82) is 0 Å². The zero-order valence-electron chi connectivity index (χ0n) is 15.4. The van der Waals surface area contributed by atoms with Crippen LogP contribution in [0.1, 0.15) is 55.5 Å². The maximum Gasteiger partial charge on any atom is 0.251 e. The molecule has 1 aliphatic heterocycles. The van der Waals surface area contributed by atoms with Gasteiger partial charge in [-0.3, -0.25) is 9.69 Å². The number of nitrogens with zero attached hydrogens (tertiary/aromatic N) is 1. The molecule has 4 heteroatoms. The third kappa shape index (κ3) is 5.82. The van der Waals surface area contributed by atoms with Gasteiger partial charge in [-0.25, -0.2) is 0 Å². The zero-order chi connectivity index (χ0) is 17.4. The first-order valence-corrected chi connectivity index (χ1v) is 10.6. The molecule has 0 bridgehead atoms. The Morgan fingerprint density at radius 1 is 1.21 bits per heavy atom. The van der Waals surface area contributed by atoms with Gasteiger partial charge < -0.3 is 5.32 Å². The van der Waals surface area contributed by atoms with Crippen LogP contribution in [0.25, 0.3) is 0 Å². The number of hydrogen-bond donors (Lipinski definition) is 1. The maximum absolute atomic E-state index is 12.5. The number of likely N-dealkylation sites (tertiary alicyclic amines) is 1. The summed E-state index contributed by atoms with van der Waals surface area (Å²) < 4.78 is 0. The molecule has 0 aliphatic carbocycles. The molecule has 24 heavy (non-hydrogen) atoms. The fraction of sp³-hybridized carbons (Fsp3) is 0.650. The smallest absolute Gasteiger partial charge is 0.251 e. The maximum atomic E-state index is 12.5. The van der Waals surface area contributed by atoms with Gasteiger partial charge >= 0.3 is 0 Å². The van der Waals surface area contributed by atoms with Gasteiger partial charge in [-0.15, -0.1) is 0 Å². The summed E-state index contributed by atoms with van der Waals surface area (Å²) in [5.41, 5.74) is 1.99. The molecule has 1 amide bonds. The molecule has 1 atom stereocenters. The van der Waals surface area contributed by atoms with E-state index in [9.17, 15) is 4.79 Å². The van der Waals surface area contributed by atoms with Crippen molar-refractivity contribution in [2.24, 2.45) is 5.92 Å². The molecule has 0 aromatic heterocycles. The van der Waals surface area contributed by atoms with Crippen LogP contribution in [0, 0.1) is 5.92 Å². The Morgan fingerprint density at radius 3 is 2.54 bits per heavy atom. The SMILES string of the molecule is CSCc1cccc(C(=O)NC[C@H](C(C)C)N2CCCCCC2)c1. The average molecular weight is 349 g/mol. The van der Waals surface area contributed by atoms with Crippen LogP contribution >= 0.6 is 11.8 Å². The molecular weight excluding hydrogens is 316 g/mol. The lowest BCUT2D eigenvalue weighted by Crippen LogP contribution is -2.47. The number of amides is 1. The predicted molar refractivity (Wildman–Crippen MR) is 105 cm³/mol. The Morgan fingerprint density at radius 2 is 1.92 bits per heavy atom. The lowest BCUT2D eigenvalue weighted by molar-refractivity contribution is 0.0917. The molecule has 1 aliphatic rings. The number of nitrogens with one attached hydrogen (secondary N) is 1. The van der Waals surface area contributed by atoms with E-state index in [4.69, 9.17) is 0 Å². The minimum Gasteiger partial charge on any atom is -0.350 e. The van der Waals surface area contributed by atoms with E-state index < -0.39 is 0 Å². The topological polar surface area (TPSA) is 32.3 Å². The van der Waals surface area contributed by atoms with Crippen molar-refractivity contribution in [3.8, 4) is 0 Å². The number of hydrogen-bond acceptors (Lipinski definition) is 3. The zero-order valence-corrected chi connectivity index (χ0v) is 16.2. The molecule has 2 rings (SSSR count). The van der Waals surface area contributed by atoms with E-state index in [1.807, 2.05) is 18.2 Å². The highest BCUT2D eigenvalue weighted by molar-refractivity contribution is 7.97. The number of thioether (sulfide) groups is 1. The Kier molecular flexibility index (Phi) is 8.13. The summed E-state index contributed by atoms with van der Waals surface area (Å²) in [4.78, 5) is 15.1. The fourth-order valence-corrected chi connectivity index (χ4v) is 3.99. The molecule has 1 saturated heterocycles. The lowest BCUT2D eigenvalue weighted by atomic mass is 10.0. The summed E-state index contributed by atoms with van der Waals surface area (Å²) in [6, 6.07) is 8.43. The Balaban J connectivity index is 1.95. The van der Waals surface area contributed by atoms with Crippen LogP contribution in [-0.2, 0) is 5.75 Å². The lowest BCUT2D eigenvalue weighted by Gasteiger charge is -2.33. The van der Waals surface area contributed by atoms with Crippen molar-refractivity contribution in [3.63, 3.8) is 0 Å². The second kappa shape index (κ2) is 10.1. The van der Waals surface area contributed by atoms with E-state index in [-0.39, 0.29) is 5.91 Å². The van der Waals surface area contributed by atoms with Crippen LogP contribution in [0.4, 0.5) is 0 Å². The number of benzene rings is 1. The summed E-state index contributed by atoms with van der Waals surface area (Å²) >= 11 is 1.78. The van der Waals surface area contributed by atoms with Crippen LogP contribution in [-0.4, -0.2) is 42.7 Å². The van der Waals surface area contributed by atoms with Crippen molar-refractivity contribution >= 4 is 17.7 Å². The van der Waals surface area contributed by atoms with E-state index in [0.717, 1.165) is 17.9 Å². The predicted octanol–water partition coefficient (Wildman–Crippen LogP) is 4.18. The molecule has 1 fully saturated rings. The minimum atomic E-state index is 0.0541. The van der Waals surface area contributed by atoms with Crippen LogP contribution in [0.3, 0.4) is 0 Å². The van der Waals surface area contributed by atoms with Crippen molar-refractivity contribution < 1.29 is 4.79 Å². The van der Waals surface area contributed by atoms with Crippen LogP contribution in [0.5, 0.6) is 0 Å². The summed E-state index contributed by atoms with van der Waals surface area (Å²) in [6.07, 6.45) is 7.34. The van der Waals surface area contributed by atoms with Gasteiger partial charge in [0.2, 0.25) is 0 Å². The van der Waals surface area contributed by atoms with Gasteiger partial charge in [-0.05, 0) is 55.8 Å². The minimum absolute atomic E-state index is 0.0541. The number of carbonyl (C=O) groups excluding carboxylic acids is 1. The summed E-state index contributed by atoms with van der Waals surface area (Å²) in [5.74, 6) is 1.55. The van der Waals surface area contributed by atoms with Crippen molar-refractivity contribution in [2.45, 2.75) is 51.3 Å². The third-order valence-corrected chi connectivity index (χ3v) is 5.47. The van der Waals surface area contributed by atoms with Gasteiger partial charge in [0.25, 0.3) is 5.91 Å². The third-order valence-electron chi connectivity index (χ3n) is 4.85. The van der Waals surface area contributed by atoms with Crippen molar-refractivity contribution in [2.75, 3.05) is 25.9 Å². The van der Waals surface area contributed by atoms with Gasteiger partial charge in [-0.1, -0.05) is 38.8 Å². The highest BCUT2D eigenvalue weighted by atomic mass is 32.2. The van der Waals surface area contributed by atoms with Crippen LogP contribution < -0.4 is 5.32 Å². The van der Waals surface area contributed by atoms with Gasteiger partial charge in [0.05, 0.1) is 0 Å². The summed E-state index contributed by atoms with van der Waals surface area (Å²) in [5, 5.41) is 3.18. The van der Waals surface area contributed by atoms with Gasteiger partial charge in [-0.2, -0.15) is 11.8 Å². The second-order valence-corrected chi connectivity index (χ2v) is 7.97. The number of carbonyl (C=O) groups is 1. The van der Waals surface area contributed by atoms with Gasteiger partial charge in [0.1, 0.15) is 0 Å². The first-order valence-electron chi connectivity index (χ1n) is 9.22. The normalized spacial score (nSPS) is 17.5. The fourth-order valence-electron chi connectivity index (χ4n) is 3.48. The molecular formula is C20H32N2OS. The molecule has 0 saturated carbocycles. The van der Waals surface area contributed by atoms with Crippen LogP contribution in [0.15, 0.2) is 24.3 Å². The quantitative estimate of drug-likeness (QED) is 0.802. The Hall–Kier alpha value is -1.00. The van der Waals surface area contributed by atoms with E-state index in [1.165, 1.54) is 44.3 Å². The molecule has 134 valence electrons. The molecule has 0 radical (unpaired) electrons. The number of rotatable bonds is 7. The summed E-state index contributed by atoms with van der Waals surface area (Å²) in [7, 11) is 0. The summed E-state index contributed by atoms with van der Waals surface area (Å²) in [6.45, 7) is 7.61.